The van der Waals surface area contributed by atoms with Gasteiger partial charge in [0, 0.05) is 0 Å². The number of rotatable bonds is 2. The van der Waals surface area contributed by atoms with Crippen molar-refractivity contribution in [1.82, 2.24) is 3.80 Å². The molecule has 1 nitrogen and oxygen atoms in total. The van der Waals surface area contributed by atoms with Gasteiger partial charge in [-0.3, -0.25) is 0 Å². The summed E-state index contributed by atoms with van der Waals surface area (Å²) in [7, 11) is 0. The SMILES string of the molecule is CC1=[C]([Ti]([CH3])([CH3])[NH]C(C)(C)C)c2c(ccc3ccccc23)C1.Cl.[SiH4]. The Morgan fingerprint density at radius 1 is 1.00 bits per heavy atom. The van der Waals surface area contributed by atoms with Gasteiger partial charge in [-0.15, -0.1) is 12.4 Å². The summed E-state index contributed by atoms with van der Waals surface area (Å²) in [6, 6.07) is 13.5. The number of allylic oxidation sites excluding steroid dienone is 1. The quantitative estimate of drug-likeness (QED) is 0.727. The van der Waals surface area contributed by atoms with Gasteiger partial charge in [-0.2, -0.15) is 0 Å². The van der Waals surface area contributed by atoms with E-state index in [-0.39, 0.29) is 28.9 Å². The minimum atomic E-state index is -2.29. The topological polar surface area (TPSA) is 12.0 Å². The third kappa shape index (κ3) is 4.05. The molecule has 0 heterocycles. The minimum absolute atomic E-state index is 0. The van der Waals surface area contributed by atoms with Crippen molar-refractivity contribution in [2.75, 3.05) is 0 Å². The average Bonchev–Trinajstić information content (AvgIpc) is 2.73. The van der Waals surface area contributed by atoms with Crippen LogP contribution in [0, 0.1) is 0 Å². The van der Waals surface area contributed by atoms with Crippen molar-refractivity contribution in [2.45, 2.75) is 50.1 Å². The summed E-state index contributed by atoms with van der Waals surface area (Å²) in [5.41, 5.74) is 4.80. The van der Waals surface area contributed by atoms with Crippen LogP contribution in [0.5, 0.6) is 0 Å². The largest absolute Gasteiger partial charge is 0.147 e. The Hall–Kier alpha value is -0.379. The van der Waals surface area contributed by atoms with Crippen LogP contribution in [-0.4, -0.2) is 16.5 Å². The number of halogens is 1. The van der Waals surface area contributed by atoms with Crippen molar-refractivity contribution >= 4 is 38.0 Å². The van der Waals surface area contributed by atoms with Gasteiger partial charge < -0.3 is 0 Å². The molecule has 0 unspecified atom stereocenters. The van der Waals surface area contributed by atoms with Crippen LogP contribution in [0.25, 0.3) is 14.7 Å². The van der Waals surface area contributed by atoms with Gasteiger partial charge in [0.25, 0.3) is 0 Å². The number of hydrogen-bond acceptors (Lipinski definition) is 1. The average molecular weight is 398 g/mol. The second-order valence-corrected chi connectivity index (χ2v) is 14.4. The number of fused-ring (bicyclic) bond motifs is 3. The van der Waals surface area contributed by atoms with Crippen molar-refractivity contribution in [3.63, 3.8) is 0 Å². The van der Waals surface area contributed by atoms with Crippen molar-refractivity contribution < 1.29 is 16.8 Å². The van der Waals surface area contributed by atoms with Crippen LogP contribution in [-0.2, 0) is 23.3 Å². The molecule has 2 aromatic rings. The van der Waals surface area contributed by atoms with Crippen LogP contribution in [0.3, 0.4) is 0 Å². The molecule has 0 saturated heterocycles. The Morgan fingerprint density at radius 2 is 1.62 bits per heavy atom. The van der Waals surface area contributed by atoms with Gasteiger partial charge >= 0.3 is 139 Å². The van der Waals surface area contributed by atoms with Crippen molar-refractivity contribution in [3.05, 3.63) is 53.1 Å². The zero-order valence-electron chi connectivity index (χ0n) is 15.1. The Bertz CT molecular complexity index is 775. The maximum absolute atomic E-state index is 4.00. The van der Waals surface area contributed by atoms with Gasteiger partial charge in [0.2, 0.25) is 0 Å². The van der Waals surface area contributed by atoms with Crippen LogP contribution in [0.15, 0.2) is 42.0 Å². The van der Waals surface area contributed by atoms with Crippen LogP contribution in [0.2, 0.25) is 10.5 Å². The van der Waals surface area contributed by atoms with Gasteiger partial charge in [0.1, 0.15) is 0 Å². The second kappa shape index (κ2) is 7.47. The first-order chi connectivity index (χ1) is 10.2. The van der Waals surface area contributed by atoms with E-state index >= 15 is 0 Å². The molecule has 0 radical (unpaired) electrons. The monoisotopic (exact) mass is 397 g/mol. The molecule has 0 aliphatic heterocycles. The molecule has 0 atom stereocenters. The van der Waals surface area contributed by atoms with E-state index in [1.165, 1.54) is 21.9 Å². The molecule has 2 aromatic carbocycles. The van der Waals surface area contributed by atoms with Crippen LogP contribution >= 0.6 is 12.4 Å². The fourth-order valence-corrected chi connectivity index (χ4v) is 10.6. The summed E-state index contributed by atoms with van der Waals surface area (Å²) in [6.07, 6.45) is 1.12. The minimum Gasteiger partial charge on any atom is -0.147 e. The standard InChI is InChI=1S/C14H11.C4H10N.2CH3.ClH.H4Si.Ti/c1-10-8-12-7-6-11-4-2-3-5-13(11)14(12)9-10;1-4(2,3)5;;;;;/h2-7H,8H2,1H3;5H,1-3H3;2*1H3;1H;1H4;/q;-1;;;;;+1. The first-order valence-corrected chi connectivity index (χ1v) is 12.9. The predicted octanol–water partition coefficient (Wildman–Crippen LogP) is 4.65. The first kappa shape index (κ1) is 21.7. The fraction of sp³-hybridized carbons (Fsp3) is 0.400. The summed E-state index contributed by atoms with van der Waals surface area (Å²) >= 11 is -2.29. The maximum Gasteiger partial charge on any atom is -0.0149 e. The van der Waals surface area contributed by atoms with E-state index in [1.807, 2.05) is 0 Å². The van der Waals surface area contributed by atoms with Gasteiger partial charge in [-0.25, -0.2) is 0 Å². The molecule has 132 valence electrons. The maximum atomic E-state index is 4.00. The van der Waals surface area contributed by atoms with Gasteiger partial charge in [-0.1, -0.05) is 0 Å². The molecule has 0 aromatic heterocycles. The van der Waals surface area contributed by atoms with Crippen molar-refractivity contribution in [1.29, 1.82) is 0 Å². The van der Waals surface area contributed by atoms with E-state index in [4.69, 9.17) is 0 Å². The van der Waals surface area contributed by atoms with Gasteiger partial charge in [0.05, 0.1) is 0 Å². The molecule has 4 heteroatoms. The van der Waals surface area contributed by atoms with Gasteiger partial charge in [-0.05, 0) is 11.0 Å². The summed E-state index contributed by atoms with van der Waals surface area (Å²) in [6.45, 7) is 9.19. The van der Waals surface area contributed by atoms with Crippen molar-refractivity contribution in [3.8, 4) is 0 Å². The molecule has 0 spiro atoms. The Morgan fingerprint density at radius 3 is 2.25 bits per heavy atom. The molecule has 1 aliphatic rings. The normalized spacial score (nSPS) is 14.2. The molecule has 0 amide bonds. The fourth-order valence-electron chi connectivity index (χ4n) is 4.19. The number of nitrogens with one attached hydrogen (secondary N) is 1. The Labute approximate surface area is 161 Å². The Kier molecular flexibility index (Phi) is 6.74. The predicted molar refractivity (Wildman–Crippen MR) is 113 cm³/mol. The molecule has 0 bridgehead atoms. The molecular weight excluding hydrogens is 366 g/mol. The van der Waals surface area contributed by atoms with Crippen molar-refractivity contribution in [2.24, 2.45) is 0 Å². The van der Waals surface area contributed by atoms with E-state index in [9.17, 15) is 0 Å². The van der Waals surface area contributed by atoms with Crippen LogP contribution < -0.4 is 3.80 Å². The Balaban J connectivity index is 0.00000144. The number of hydrogen-bond donors (Lipinski definition) is 1. The summed E-state index contributed by atoms with van der Waals surface area (Å²) in [5.74, 6) is 0. The molecule has 1 N–H and O–H groups in total. The smallest absolute Gasteiger partial charge is 0.0149 e. The third-order valence-corrected chi connectivity index (χ3v) is 9.62. The van der Waals surface area contributed by atoms with E-state index < -0.39 is 16.8 Å². The summed E-state index contributed by atoms with van der Waals surface area (Å²) in [4.78, 5) is 0. The van der Waals surface area contributed by atoms with E-state index in [0.29, 0.717) is 0 Å². The molecule has 0 fully saturated rings. The zero-order chi connectivity index (χ0) is 16.1. The molecule has 3 rings (SSSR count). The summed E-state index contributed by atoms with van der Waals surface area (Å²) < 4.78 is 5.67. The zero-order valence-corrected chi connectivity index (χ0v) is 17.5. The molecule has 0 saturated carbocycles. The second-order valence-electron chi connectivity index (χ2n) is 8.15. The van der Waals surface area contributed by atoms with Crippen LogP contribution in [0.1, 0.15) is 38.8 Å². The van der Waals surface area contributed by atoms with E-state index in [0.717, 1.165) is 6.42 Å². The van der Waals surface area contributed by atoms with Gasteiger partial charge in [0.15, 0.2) is 0 Å². The molecule has 1 aliphatic carbocycles. The molecular formula is C20H32ClNSiTi. The third-order valence-electron chi connectivity index (χ3n) is 4.46. The van der Waals surface area contributed by atoms with E-state index in [2.05, 4.69) is 78.3 Å². The van der Waals surface area contributed by atoms with E-state index in [1.54, 1.807) is 9.45 Å². The first-order valence-electron chi connectivity index (χ1n) is 8.20. The summed E-state index contributed by atoms with van der Waals surface area (Å²) in [5, 5.41) is 7.80. The molecule has 24 heavy (non-hydrogen) atoms. The number of benzene rings is 2. The van der Waals surface area contributed by atoms with Crippen LogP contribution in [0.4, 0.5) is 0 Å².